The fourth-order valence-electron chi connectivity index (χ4n) is 1.65. The highest BCUT2D eigenvalue weighted by Crippen LogP contribution is 2.35. The van der Waals surface area contributed by atoms with E-state index in [-0.39, 0.29) is 34.4 Å². The standard InChI is InChI=1S/2C8H10N2O2/c2*1-2-10-6-3-5(9)7(11)4-8(6)12/h2*2-4,11-12H,9H2,1H3. The Hall–Kier alpha value is -3.42. The summed E-state index contributed by atoms with van der Waals surface area (Å²) in [6.45, 7) is 3.45. The lowest BCUT2D eigenvalue weighted by atomic mass is 10.2. The largest absolute Gasteiger partial charge is 0.506 e. The van der Waals surface area contributed by atoms with E-state index in [1.54, 1.807) is 13.8 Å². The number of aromatic hydroxyl groups is 4. The van der Waals surface area contributed by atoms with Crippen LogP contribution < -0.4 is 11.5 Å². The second-order valence-electron chi connectivity index (χ2n) is 4.57. The fourth-order valence-corrected chi connectivity index (χ4v) is 1.65. The van der Waals surface area contributed by atoms with Crippen LogP contribution in [0.5, 0.6) is 23.0 Å². The fraction of sp³-hybridized carbons (Fsp3) is 0.125. The van der Waals surface area contributed by atoms with Gasteiger partial charge in [0.25, 0.3) is 0 Å². The number of phenolic OH excluding ortho intramolecular Hbond substituents is 4. The van der Waals surface area contributed by atoms with Gasteiger partial charge in [-0.1, -0.05) is 0 Å². The summed E-state index contributed by atoms with van der Waals surface area (Å²) in [4.78, 5) is 7.68. The average molecular weight is 332 g/mol. The summed E-state index contributed by atoms with van der Waals surface area (Å²) in [5.74, 6) is -0.440. The molecule has 2 aromatic carbocycles. The smallest absolute Gasteiger partial charge is 0.145 e. The molecule has 8 N–H and O–H groups in total. The number of nitrogens with zero attached hydrogens (tertiary/aromatic N) is 2. The molecule has 0 aliphatic carbocycles. The molecule has 8 heteroatoms. The van der Waals surface area contributed by atoms with Crippen molar-refractivity contribution >= 4 is 35.2 Å². The van der Waals surface area contributed by atoms with Gasteiger partial charge >= 0.3 is 0 Å². The molecule has 128 valence electrons. The Morgan fingerprint density at radius 2 is 1.00 bits per heavy atom. The van der Waals surface area contributed by atoms with Gasteiger partial charge in [-0.3, -0.25) is 9.98 Å². The zero-order valence-electron chi connectivity index (χ0n) is 13.3. The minimum atomic E-state index is -0.137. The number of hydrogen-bond acceptors (Lipinski definition) is 8. The minimum Gasteiger partial charge on any atom is -0.506 e. The Bertz CT molecular complexity index is 708. The van der Waals surface area contributed by atoms with Gasteiger partial charge in [0.2, 0.25) is 0 Å². The predicted octanol–water partition coefficient (Wildman–Crippen LogP) is 2.80. The van der Waals surface area contributed by atoms with E-state index >= 15 is 0 Å². The maximum Gasteiger partial charge on any atom is 0.145 e. The summed E-state index contributed by atoms with van der Waals surface area (Å²) in [7, 11) is 0. The molecule has 0 spiro atoms. The van der Waals surface area contributed by atoms with Crippen LogP contribution >= 0.6 is 0 Å². The highest BCUT2D eigenvalue weighted by Gasteiger charge is 2.04. The first-order valence-corrected chi connectivity index (χ1v) is 6.90. The summed E-state index contributed by atoms with van der Waals surface area (Å²) >= 11 is 0. The molecule has 0 fully saturated rings. The normalized spacial score (nSPS) is 10.8. The zero-order valence-corrected chi connectivity index (χ0v) is 13.3. The number of nitrogens with two attached hydrogens (primary N) is 2. The molecule has 2 aromatic rings. The number of hydrogen-bond donors (Lipinski definition) is 6. The van der Waals surface area contributed by atoms with E-state index in [1.165, 1.54) is 24.6 Å². The molecule has 2 rings (SSSR count). The molecule has 0 aromatic heterocycles. The first-order chi connectivity index (χ1) is 11.3. The highest BCUT2D eigenvalue weighted by atomic mass is 16.3. The van der Waals surface area contributed by atoms with Crippen LogP contribution in [0.15, 0.2) is 34.3 Å². The summed E-state index contributed by atoms with van der Waals surface area (Å²) in [5.41, 5.74) is 11.9. The summed E-state index contributed by atoms with van der Waals surface area (Å²) < 4.78 is 0. The van der Waals surface area contributed by atoms with E-state index in [9.17, 15) is 10.2 Å². The van der Waals surface area contributed by atoms with Crippen molar-refractivity contribution in [2.24, 2.45) is 9.98 Å². The first kappa shape index (κ1) is 18.6. The number of benzene rings is 2. The number of anilines is 2. The van der Waals surface area contributed by atoms with Crippen LogP contribution in [0.4, 0.5) is 22.7 Å². The highest BCUT2D eigenvalue weighted by molar-refractivity contribution is 5.71. The molecule has 0 bridgehead atoms. The molecular formula is C16H20N4O4. The molecule has 0 heterocycles. The molecular weight excluding hydrogens is 312 g/mol. The third kappa shape index (κ3) is 4.80. The predicted molar refractivity (Wildman–Crippen MR) is 96.0 cm³/mol. The zero-order chi connectivity index (χ0) is 18.3. The Morgan fingerprint density at radius 1 is 0.667 bits per heavy atom. The molecule has 0 unspecified atom stereocenters. The van der Waals surface area contributed by atoms with Crippen molar-refractivity contribution in [1.82, 2.24) is 0 Å². The van der Waals surface area contributed by atoms with Gasteiger partial charge in [-0.25, -0.2) is 0 Å². The van der Waals surface area contributed by atoms with Crippen LogP contribution in [0.2, 0.25) is 0 Å². The van der Waals surface area contributed by atoms with Gasteiger partial charge in [-0.2, -0.15) is 0 Å². The Labute approximate surface area is 139 Å². The topological polar surface area (TPSA) is 158 Å². The molecule has 0 saturated heterocycles. The molecule has 0 aliphatic heterocycles. The van der Waals surface area contributed by atoms with E-state index in [4.69, 9.17) is 21.7 Å². The lowest BCUT2D eigenvalue weighted by molar-refractivity contribution is 0.452. The van der Waals surface area contributed by atoms with E-state index in [2.05, 4.69) is 9.98 Å². The van der Waals surface area contributed by atoms with Crippen LogP contribution in [0.3, 0.4) is 0 Å². The van der Waals surface area contributed by atoms with Crippen LogP contribution in [-0.2, 0) is 0 Å². The summed E-state index contributed by atoms with van der Waals surface area (Å²) in [5, 5.41) is 36.5. The van der Waals surface area contributed by atoms with Crippen LogP contribution in [0.1, 0.15) is 13.8 Å². The molecule has 0 aliphatic rings. The Morgan fingerprint density at radius 3 is 1.29 bits per heavy atom. The maximum atomic E-state index is 9.22. The second-order valence-corrected chi connectivity index (χ2v) is 4.57. The van der Waals surface area contributed by atoms with Crippen molar-refractivity contribution in [2.75, 3.05) is 11.5 Å². The van der Waals surface area contributed by atoms with Crippen LogP contribution in [0.25, 0.3) is 0 Å². The number of nitrogen functional groups attached to an aromatic ring is 2. The lowest BCUT2D eigenvalue weighted by Gasteiger charge is -2.02. The lowest BCUT2D eigenvalue weighted by Crippen LogP contribution is -1.84. The molecule has 24 heavy (non-hydrogen) atoms. The Kier molecular flexibility index (Phi) is 6.42. The van der Waals surface area contributed by atoms with Crippen molar-refractivity contribution in [3.8, 4) is 23.0 Å². The number of phenols is 4. The van der Waals surface area contributed by atoms with Gasteiger partial charge < -0.3 is 31.9 Å². The van der Waals surface area contributed by atoms with E-state index in [0.29, 0.717) is 11.4 Å². The van der Waals surface area contributed by atoms with Gasteiger partial charge in [0, 0.05) is 24.6 Å². The third-order valence-electron chi connectivity index (χ3n) is 2.78. The quantitative estimate of drug-likeness (QED) is 0.215. The monoisotopic (exact) mass is 332 g/mol. The number of rotatable bonds is 2. The van der Waals surface area contributed by atoms with E-state index in [0.717, 1.165) is 12.1 Å². The SMILES string of the molecule is CC=Nc1cc(N)c(O)cc1O.CC=Nc1cc(N)c(O)cc1O. The molecule has 0 radical (unpaired) electrons. The van der Waals surface area contributed by atoms with E-state index < -0.39 is 0 Å². The van der Waals surface area contributed by atoms with Crippen molar-refractivity contribution in [1.29, 1.82) is 0 Å². The third-order valence-corrected chi connectivity index (χ3v) is 2.78. The van der Waals surface area contributed by atoms with Gasteiger partial charge in [0.1, 0.15) is 34.4 Å². The summed E-state index contributed by atoms with van der Waals surface area (Å²) in [6.07, 6.45) is 3.07. The van der Waals surface area contributed by atoms with Gasteiger partial charge in [0.15, 0.2) is 0 Å². The molecule has 0 amide bonds. The van der Waals surface area contributed by atoms with Crippen molar-refractivity contribution in [3.63, 3.8) is 0 Å². The average Bonchev–Trinajstić information content (AvgIpc) is 2.51. The van der Waals surface area contributed by atoms with Crippen LogP contribution in [-0.4, -0.2) is 32.9 Å². The number of aliphatic imine (C=N–C) groups is 2. The minimum absolute atomic E-state index is 0.0835. The first-order valence-electron chi connectivity index (χ1n) is 6.90. The second kappa shape index (κ2) is 8.28. The Balaban J connectivity index is 0.000000240. The van der Waals surface area contributed by atoms with Crippen molar-refractivity contribution in [2.45, 2.75) is 13.8 Å². The molecule has 0 atom stereocenters. The molecule has 0 saturated carbocycles. The van der Waals surface area contributed by atoms with Gasteiger partial charge in [-0.15, -0.1) is 0 Å². The van der Waals surface area contributed by atoms with Gasteiger partial charge in [0.05, 0.1) is 11.4 Å². The van der Waals surface area contributed by atoms with Gasteiger partial charge in [-0.05, 0) is 26.0 Å². The van der Waals surface area contributed by atoms with E-state index in [1.807, 2.05) is 0 Å². The summed E-state index contributed by atoms with van der Waals surface area (Å²) in [6, 6.07) is 5.14. The van der Waals surface area contributed by atoms with Crippen LogP contribution in [0, 0.1) is 0 Å². The van der Waals surface area contributed by atoms with Crippen molar-refractivity contribution < 1.29 is 20.4 Å². The van der Waals surface area contributed by atoms with Crippen molar-refractivity contribution in [3.05, 3.63) is 24.3 Å². The molecule has 8 nitrogen and oxygen atoms in total. The maximum absolute atomic E-state index is 9.22.